The number of methoxy groups -OCH3 is 1. The van der Waals surface area contributed by atoms with Crippen molar-refractivity contribution in [2.24, 2.45) is 5.92 Å². The van der Waals surface area contributed by atoms with Gasteiger partial charge in [0.15, 0.2) is 0 Å². The molecule has 2 N–H and O–H groups in total. The maximum absolute atomic E-state index is 13.6. The smallest absolute Gasteiger partial charge is 0.256 e. The second-order valence-electron chi connectivity index (χ2n) is 10.6. The van der Waals surface area contributed by atoms with Gasteiger partial charge in [0, 0.05) is 47.3 Å². The number of fused-ring (bicyclic) bond motifs is 1. The van der Waals surface area contributed by atoms with E-state index >= 15 is 0 Å². The highest BCUT2D eigenvalue weighted by molar-refractivity contribution is 6.08. The Kier molecular flexibility index (Phi) is 7.84. The minimum Gasteiger partial charge on any atom is -0.496 e. The molecule has 1 amide bonds. The fourth-order valence-electron chi connectivity index (χ4n) is 6.05. The monoisotopic (exact) mass is 527 g/mol. The Hall–Kier alpha value is -3.91. The topological polar surface area (TPSA) is 92.2 Å². The Morgan fingerprint density at radius 1 is 1.15 bits per heavy atom. The average Bonchev–Trinajstić information content (AvgIpc) is 3.24. The molecule has 1 aliphatic heterocycles. The Labute approximate surface area is 229 Å². The maximum Gasteiger partial charge on any atom is 0.256 e. The van der Waals surface area contributed by atoms with Crippen LogP contribution in [-0.4, -0.2) is 45.5 Å². The molecule has 3 aromatic heterocycles. The van der Waals surface area contributed by atoms with E-state index in [2.05, 4.69) is 49.9 Å². The molecule has 0 saturated carbocycles. The van der Waals surface area contributed by atoms with E-state index in [1.165, 1.54) is 12.7 Å². The number of carbonyl (C=O) groups excluding carboxylic acids is 1. The highest BCUT2D eigenvalue weighted by atomic mass is 16.5. The summed E-state index contributed by atoms with van der Waals surface area (Å²) < 4.78 is 7.74. The van der Waals surface area contributed by atoms with Gasteiger partial charge in [0.1, 0.15) is 5.75 Å². The first kappa shape index (κ1) is 26.7. The molecule has 0 spiro atoms. The molecule has 8 heteroatoms. The second-order valence-corrected chi connectivity index (χ2v) is 10.6. The summed E-state index contributed by atoms with van der Waals surface area (Å²) in [6, 6.07) is 14.3. The van der Waals surface area contributed by atoms with Gasteiger partial charge in [-0.15, -0.1) is 0 Å². The first-order valence-electron chi connectivity index (χ1n) is 13.6. The minimum atomic E-state index is -0.254. The molecule has 39 heavy (non-hydrogen) atoms. The van der Waals surface area contributed by atoms with Gasteiger partial charge in [-0.25, -0.2) is 0 Å². The van der Waals surface area contributed by atoms with E-state index in [4.69, 9.17) is 4.74 Å². The van der Waals surface area contributed by atoms with Crippen LogP contribution in [0.2, 0.25) is 0 Å². The van der Waals surface area contributed by atoms with Crippen molar-refractivity contribution in [3.05, 3.63) is 93.3 Å². The maximum atomic E-state index is 13.6. The molecule has 1 fully saturated rings. The number of carbonyl (C=O) groups is 1. The largest absolute Gasteiger partial charge is 0.496 e. The van der Waals surface area contributed by atoms with Crippen LogP contribution in [0.25, 0.3) is 10.9 Å². The normalized spacial score (nSPS) is 15.4. The Balaban J connectivity index is 1.35. The summed E-state index contributed by atoms with van der Waals surface area (Å²) in [4.78, 5) is 35.5. The van der Waals surface area contributed by atoms with Crippen LogP contribution >= 0.6 is 0 Å². The fraction of sp³-hybridized carbons (Fsp3) is 0.387. The number of ether oxygens (including phenoxy) is 1. The Bertz CT molecular complexity index is 1520. The molecular formula is C31H37N5O3. The van der Waals surface area contributed by atoms with Gasteiger partial charge in [-0.3, -0.25) is 19.5 Å². The molecule has 0 aliphatic carbocycles. The van der Waals surface area contributed by atoms with Crippen LogP contribution in [0.1, 0.15) is 58.7 Å². The third kappa shape index (κ3) is 5.47. The molecule has 1 aliphatic rings. The van der Waals surface area contributed by atoms with Gasteiger partial charge >= 0.3 is 0 Å². The number of aryl methyl sites for hydroxylation is 1. The van der Waals surface area contributed by atoms with Crippen LogP contribution in [0.15, 0.2) is 59.7 Å². The standard InChI is InChI=1S/C31H37N5O3/c1-20-17-28(39-4)26(30(37)34-20)18-33-31(38)29-22(3)36(27-8-6-5-7-25(27)29)21(2)24-11-15-35(16-12-24)19-23-9-13-32-14-10-23/h5-10,13-14,17,21,24H,11-12,15-16,18-19H2,1-4H3,(H,33,38)(H,34,37)/t21-/m1/s1. The van der Waals surface area contributed by atoms with Crippen LogP contribution in [0, 0.1) is 19.8 Å². The second kappa shape index (κ2) is 11.5. The summed E-state index contributed by atoms with van der Waals surface area (Å²) in [7, 11) is 1.53. The van der Waals surface area contributed by atoms with Gasteiger partial charge in [-0.05, 0) is 82.4 Å². The minimum absolute atomic E-state index is 0.0854. The predicted octanol–water partition coefficient (Wildman–Crippen LogP) is 4.75. The highest BCUT2D eigenvalue weighted by Gasteiger charge is 2.29. The number of hydrogen-bond acceptors (Lipinski definition) is 5. The van der Waals surface area contributed by atoms with Crippen molar-refractivity contribution in [1.82, 2.24) is 24.8 Å². The number of likely N-dealkylation sites (tertiary alicyclic amines) is 1. The molecule has 0 radical (unpaired) electrons. The number of aromatic nitrogens is 3. The first-order chi connectivity index (χ1) is 18.9. The Morgan fingerprint density at radius 2 is 1.87 bits per heavy atom. The molecule has 4 aromatic rings. The number of H-pyrrole nitrogens is 1. The lowest BCUT2D eigenvalue weighted by atomic mass is 9.89. The predicted molar refractivity (Wildman–Crippen MR) is 153 cm³/mol. The van der Waals surface area contributed by atoms with Crippen molar-refractivity contribution in [2.45, 2.75) is 52.7 Å². The molecule has 4 heterocycles. The number of pyridine rings is 2. The molecule has 1 saturated heterocycles. The zero-order valence-corrected chi connectivity index (χ0v) is 23.2. The van der Waals surface area contributed by atoms with Gasteiger partial charge < -0.3 is 19.6 Å². The van der Waals surface area contributed by atoms with Crippen molar-refractivity contribution in [2.75, 3.05) is 20.2 Å². The zero-order valence-electron chi connectivity index (χ0n) is 23.2. The molecular weight excluding hydrogens is 490 g/mol. The lowest BCUT2D eigenvalue weighted by Gasteiger charge is -2.36. The van der Waals surface area contributed by atoms with Crippen molar-refractivity contribution >= 4 is 16.8 Å². The summed E-state index contributed by atoms with van der Waals surface area (Å²) in [6.45, 7) is 9.25. The van der Waals surface area contributed by atoms with E-state index in [-0.39, 0.29) is 24.1 Å². The first-order valence-corrected chi connectivity index (χ1v) is 13.6. The lowest BCUT2D eigenvalue weighted by Crippen LogP contribution is -2.36. The molecule has 0 bridgehead atoms. The van der Waals surface area contributed by atoms with Crippen LogP contribution in [-0.2, 0) is 13.1 Å². The molecule has 5 rings (SSSR count). The summed E-state index contributed by atoms with van der Waals surface area (Å²) >= 11 is 0. The molecule has 204 valence electrons. The molecule has 1 atom stereocenters. The third-order valence-electron chi connectivity index (χ3n) is 8.14. The number of benzene rings is 1. The summed E-state index contributed by atoms with van der Waals surface area (Å²) in [6.07, 6.45) is 5.92. The number of aromatic amines is 1. The van der Waals surface area contributed by atoms with Crippen molar-refractivity contribution < 1.29 is 9.53 Å². The van der Waals surface area contributed by atoms with Crippen molar-refractivity contribution in [3.8, 4) is 5.75 Å². The van der Waals surface area contributed by atoms with E-state index in [0.29, 0.717) is 28.5 Å². The van der Waals surface area contributed by atoms with Gasteiger partial charge in [0.25, 0.3) is 11.5 Å². The van der Waals surface area contributed by atoms with Crippen LogP contribution in [0.4, 0.5) is 0 Å². The van der Waals surface area contributed by atoms with Gasteiger partial charge in [-0.2, -0.15) is 0 Å². The van der Waals surface area contributed by atoms with E-state index in [1.807, 2.05) is 37.5 Å². The number of nitrogens with zero attached hydrogens (tertiary/aromatic N) is 3. The highest BCUT2D eigenvalue weighted by Crippen LogP contribution is 2.36. The molecule has 1 aromatic carbocycles. The van der Waals surface area contributed by atoms with Crippen LogP contribution in [0.3, 0.4) is 0 Å². The van der Waals surface area contributed by atoms with Crippen molar-refractivity contribution in [1.29, 1.82) is 0 Å². The Morgan fingerprint density at radius 3 is 2.59 bits per heavy atom. The number of rotatable bonds is 8. The fourth-order valence-corrected chi connectivity index (χ4v) is 6.05. The van der Waals surface area contributed by atoms with E-state index in [0.717, 1.165) is 49.1 Å². The average molecular weight is 528 g/mol. The van der Waals surface area contributed by atoms with E-state index in [9.17, 15) is 9.59 Å². The number of nitrogens with one attached hydrogen (secondary N) is 2. The number of piperidine rings is 1. The third-order valence-corrected chi connectivity index (χ3v) is 8.14. The van der Waals surface area contributed by atoms with Gasteiger partial charge in [-0.1, -0.05) is 18.2 Å². The summed E-state index contributed by atoms with van der Waals surface area (Å²) in [5.41, 5.74) is 4.84. The zero-order chi connectivity index (χ0) is 27.5. The summed E-state index contributed by atoms with van der Waals surface area (Å²) in [5, 5.41) is 3.91. The van der Waals surface area contributed by atoms with Crippen LogP contribution < -0.4 is 15.6 Å². The SMILES string of the molecule is COc1cc(C)[nH]c(=O)c1CNC(=O)c1c(C)n([C@H](C)C2CCN(Cc3ccncc3)CC2)c2ccccc12. The van der Waals surface area contributed by atoms with E-state index < -0.39 is 0 Å². The van der Waals surface area contributed by atoms with Crippen molar-refractivity contribution in [3.63, 3.8) is 0 Å². The van der Waals surface area contributed by atoms with Crippen LogP contribution in [0.5, 0.6) is 5.75 Å². The quantitative estimate of drug-likeness (QED) is 0.345. The number of amides is 1. The lowest BCUT2D eigenvalue weighted by molar-refractivity contribution is 0.0951. The van der Waals surface area contributed by atoms with Gasteiger partial charge in [0.05, 0.1) is 24.8 Å². The van der Waals surface area contributed by atoms with Gasteiger partial charge in [0.2, 0.25) is 0 Å². The molecule has 8 nitrogen and oxygen atoms in total. The number of hydrogen-bond donors (Lipinski definition) is 2. The summed E-state index contributed by atoms with van der Waals surface area (Å²) in [5.74, 6) is 0.794. The van der Waals surface area contributed by atoms with E-state index in [1.54, 1.807) is 13.0 Å². The molecule has 0 unspecified atom stereocenters. The number of para-hydroxylation sites is 1.